The fourth-order valence-electron chi connectivity index (χ4n) is 3.10. The molecule has 0 unspecified atom stereocenters. The van der Waals surface area contributed by atoms with Gasteiger partial charge in [0.05, 0.1) is 0 Å². The normalized spacial score (nSPS) is 14.3. The molecule has 2 heterocycles. The summed E-state index contributed by atoms with van der Waals surface area (Å²) in [7, 11) is 0. The first-order valence-electron chi connectivity index (χ1n) is 8.84. The Hall–Kier alpha value is -2.70. The minimum Gasteiger partial charge on any atom is -0.342 e. The molecule has 1 amide bonds. The van der Waals surface area contributed by atoms with Gasteiger partial charge in [0.15, 0.2) is 0 Å². The highest BCUT2D eigenvalue weighted by Gasteiger charge is 2.20. The summed E-state index contributed by atoms with van der Waals surface area (Å²) in [6, 6.07) is 5.53. The summed E-state index contributed by atoms with van der Waals surface area (Å²) in [6.07, 6.45) is 3.26. The van der Waals surface area contributed by atoms with E-state index in [2.05, 4.69) is 15.2 Å². The highest BCUT2D eigenvalue weighted by atomic mass is 19.1. The van der Waals surface area contributed by atoms with Crippen LogP contribution in [0.25, 0.3) is 0 Å². The highest BCUT2D eigenvalue weighted by Crippen LogP contribution is 2.18. The van der Waals surface area contributed by atoms with E-state index in [1.165, 1.54) is 28.8 Å². The molecule has 2 aromatic rings. The summed E-state index contributed by atoms with van der Waals surface area (Å²) >= 11 is 0. The zero-order valence-corrected chi connectivity index (χ0v) is 15.1. The number of amides is 1. The predicted molar refractivity (Wildman–Crippen MR) is 99.1 cm³/mol. The van der Waals surface area contributed by atoms with Crippen LogP contribution in [-0.4, -0.2) is 28.5 Å². The van der Waals surface area contributed by atoms with E-state index >= 15 is 0 Å². The molecule has 1 aliphatic rings. The lowest BCUT2D eigenvalue weighted by Crippen LogP contribution is -2.39. The van der Waals surface area contributed by atoms with Crippen molar-refractivity contribution < 1.29 is 9.18 Å². The topological polar surface area (TPSA) is 67.2 Å². The van der Waals surface area contributed by atoms with E-state index in [0.717, 1.165) is 32.4 Å². The van der Waals surface area contributed by atoms with E-state index in [-0.39, 0.29) is 23.8 Å². The van der Waals surface area contributed by atoms with Crippen molar-refractivity contribution in [2.24, 2.45) is 0 Å². The molecular weight excluding hydrogens is 335 g/mol. The first-order valence-corrected chi connectivity index (χ1v) is 8.84. The van der Waals surface area contributed by atoms with Crippen molar-refractivity contribution in [3.05, 3.63) is 51.7 Å². The zero-order chi connectivity index (χ0) is 18.7. The fourth-order valence-corrected chi connectivity index (χ4v) is 3.10. The number of hydrogen-bond acceptors (Lipinski definition) is 4. The Morgan fingerprint density at radius 1 is 1.15 bits per heavy atom. The molecule has 138 valence electrons. The second kappa shape index (κ2) is 7.68. The third kappa shape index (κ3) is 3.92. The van der Waals surface area contributed by atoms with Crippen LogP contribution in [0.4, 0.5) is 16.0 Å². The standard InChI is InChI=1S/C19H23FN4O2/c1-13-14(2)21-19(23-10-4-3-5-11-23)24(18(13)26)12-17(25)22-16-8-6-15(20)7-9-16/h6-9H,3-5,10-12H2,1-2H3,(H,22,25). The van der Waals surface area contributed by atoms with Gasteiger partial charge in [-0.05, 0) is 57.4 Å². The van der Waals surface area contributed by atoms with Crippen LogP contribution in [0.3, 0.4) is 0 Å². The van der Waals surface area contributed by atoms with Crippen molar-refractivity contribution >= 4 is 17.5 Å². The number of hydrogen-bond donors (Lipinski definition) is 1. The lowest BCUT2D eigenvalue weighted by molar-refractivity contribution is -0.116. The van der Waals surface area contributed by atoms with Gasteiger partial charge in [0, 0.05) is 30.0 Å². The Bertz CT molecular complexity index is 855. The number of carbonyl (C=O) groups excluding carboxylic acids is 1. The van der Waals surface area contributed by atoms with Gasteiger partial charge in [-0.25, -0.2) is 9.37 Å². The van der Waals surface area contributed by atoms with Gasteiger partial charge in [-0.3, -0.25) is 14.2 Å². The van der Waals surface area contributed by atoms with Crippen LogP contribution < -0.4 is 15.8 Å². The molecule has 6 nitrogen and oxygen atoms in total. The number of carbonyl (C=O) groups is 1. The molecule has 0 atom stereocenters. The molecule has 0 bridgehead atoms. The average molecular weight is 358 g/mol. The molecule has 1 aromatic heterocycles. The molecule has 0 aliphatic carbocycles. The molecule has 0 radical (unpaired) electrons. The first-order chi connectivity index (χ1) is 12.5. The van der Waals surface area contributed by atoms with Crippen LogP contribution in [0.15, 0.2) is 29.1 Å². The van der Waals surface area contributed by atoms with Crippen LogP contribution in [0.5, 0.6) is 0 Å². The van der Waals surface area contributed by atoms with Gasteiger partial charge in [0.25, 0.3) is 5.56 Å². The number of benzene rings is 1. The number of rotatable bonds is 4. The molecular formula is C19H23FN4O2. The Morgan fingerprint density at radius 3 is 2.46 bits per heavy atom. The highest BCUT2D eigenvalue weighted by molar-refractivity contribution is 5.90. The minimum atomic E-state index is -0.370. The van der Waals surface area contributed by atoms with Gasteiger partial charge in [-0.1, -0.05) is 0 Å². The Morgan fingerprint density at radius 2 is 1.81 bits per heavy atom. The molecule has 0 saturated carbocycles. The van der Waals surface area contributed by atoms with Gasteiger partial charge in [-0.2, -0.15) is 0 Å². The summed E-state index contributed by atoms with van der Waals surface area (Å²) in [5.41, 5.74) is 1.51. The molecule has 7 heteroatoms. The van der Waals surface area contributed by atoms with Gasteiger partial charge in [0.1, 0.15) is 12.4 Å². The molecule has 1 saturated heterocycles. The van der Waals surface area contributed by atoms with E-state index in [9.17, 15) is 14.0 Å². The Balaban J connectivity index is 1.87. The number of halogens is 1. The number of nitrogens with one attached hydrogen (secondary N) is 1. The van der Waals surface area contributed by atoms with E-state index in [4.69, 9.17) is 0 Å². The van der Waals surface area contributed by atoms with Crippen molar-refractivity contribution in [2.75, 3.05) is 23.3 Å². The van der Waals surface area contributed by atoms with Crippen LogP contribution >= 0.6 is 0 Å². The van der Waals surface area contributed by atoms with Gasteiger partial charge < -0.3 is 10.2 Å². The van der Waals surface area contributed by atoms with Gasteiger partial charge >= 0.3 is 0 Å². The summed E-state index contributed by atoms with van der Waals surface area (Å²) in [4.78, 5) is 31.9. The number of aryl methyl sites for hydroxylation is 1. The monoisotopic (exact) mass is 358 g/mol. The Labute approximate surface area is 151 Å². The lowest BCUT2D eigenvalue weighted by Gasteiger charge is -2.30. The second-order valence-electron chi connectivity index (χ2n) is 6.62. The molecule has 3 rings (SSSR count). The van der Waals surface area contributed by atoms with E-state index < -0.39 is 0 Å². The lowest BCUT2D eigenvalue weighted by atomic mass is 10.1. The third-order valence-electron chi connectivity index (χ3n) is 4.69. The van der Waals surface area contributed by atoms with Gasteiger partial charge in [-0.15, -0.1) is 0 Å². The van der Waals surface area contributed by atoms with E-state index in [0.29, 0.717) is 22.9 Å². The quantitative estimate of drug-likeness (QED) is 0.912. The van der Waals surface area contributed by atoms with Crippen molar-refractivity contribution in [1.82, 2.24) is 9.55 Å². The fraction of sp³-hybridized carbons (Fsp3) is 0.421. The minimum absolute atomic E-state index is 0.129. The Kier molecular flexibility index (Phi) is 5.35. The first kappa shape index (κ1) is 18.1. The maximum Gasteiger partial charge on any atom is 0.258 e. The van der Waals surface area contributed by atoms with Crippen LogP contribution in [0.2, 0.25) is 0 Å². The largest absolute Gasteiger partial charge is 0.342 e. The molecule has 1 N–H and O–H groups in total. The average Bonchev–Trinajstić information content (AvgIpc) is 2.64. The van der Waals surface area contributed by atoms with Crippen LogP contribution in [0.1, 0.15) is 30.5 Å². The molecule has 0 spiro atoms. The molecule has 1 aliphatic heterocycles. The summed E-state index contributed by atoms with van der Waals surface area (Å²) in [5, 5.41) is 2.70. The van der Waals surface area contributed by atoms with Crippen molar-refractivity contribution in [3.8, 4) is 0 Å². The molecule has 1 fully saturated rings. The number of anilines is 2. The van der Waals surface area contributed by atoms with Crippen molar-refractivity contribution in [2.45, 2.75) is 39.7 Å². The number of piperidine rings is 1. The predicted octanol–water partition coefficient (Wildman–Crippen LogP) is 2.63. The maximum absolute atomic E-state index is 13.0. The summed E-state index contributed by atoms with van der Waals surface area (Å²) in [6.45, 7) is 5.06. The van der Waals surface area contributed by atoms with Crippen molar-refractivity contribution in [3.63, 3.8) is 0 Å². The van der Waals surface area contributed by atoms with Crippen molar-refractivity contribution in [1.29, 1.82) is 0 Å². The molecule has 1 aromatic carbocycles. The van der Waals surface area contributed by atoms with Crippen LogP contribution in [-0.2, 0) is 11.3 Å². The summed E-state index contributed by atoms with van der Waals surface area (Å²) in [5.74, 6) is -0.168. The van der Waals surface area contributed by atoms with E-state index in [1.54, 1.807) is 6.92 Å². The SMILES string of the molecule is Cc1nc(N2CCCCC2)n(CC(=O)Nc2ccc(F)cc2)c(=O)c1C. The smallest absolute Gasteiger partial charge is 0.258 e. The second-order valence-corrected chi connectivity index (χ2v) is 6.62. The maximum atomic E-state index is 13.0. The molecule has 26 heavy (non-hydrogen) atoms. The van der Waals surface area contributed by atoms with Gasteiger partial charge in [0.2, 0.25) is 11.9 Å². The zero-order valence-electron chi connectivity index (χ0n) is 15.1. The van der Waals surface area contributed by atoms with Crippen LogP contribution in [0, 0.1) is 19.7 Å². The number of nitrogens with zero attached hydrogens (tertiary/aromatic N) is 3. The number of aromatic nitrogens is 2. The summed E-state index contributed by atoms with van der Waals surface area (Å²) < 4.78 is 14.4. The van der Waals surface area contributed by atoms with E-state index in [1.807, 2.05) is 6.92 Å². The third-order valence-corrected chi connectivity index (χ3v) is 4.69.